The van der Waals surface area contributed by atoms with E-state index in [1.165, 1.54) is 33.4 Å². The first kappa shape index (κ1) is 20.4. The number of carbonyl (C=O) groups is 1. The molecule has 32 heavy (non-hydrogen) atoms. The van der Waals surface area contributed by atoms with Crippen LogP contribution in [0.1, 0.15) is 16.9 Å². The average molecular weight is 442 g/mol. The number of benzene rings is 2. The number of aryl methyl sites for hydroxylation is 1. The maximum atomic E-state index is 13.3. The summed E-state index contributed by atoms with van der Waals surface area (Å²) in [6, 6.07) is 20.1. The Morgan fingerprint density at radius 1 is 1.03 bits per heavy atom. The van der Waals surface area contributed by atoms with Crippen LogP contribution in [0.5, 0.6) is 0 Å². The Balaban J connectivity index is 1.40. The summed E-state index contributed by atoms with van der Waals surface area (Å²) < 4.78 is 1.44. The zero-order valence-electron chi connectivity index (χ0n) is 17.8. The van der Waals surface area contributed by atoms with Gasteiger partial charge >= 0.3 is 0 Å². The summed E-state index contributed by atoms with van der Waals surface area (Å²) in [5.74, 6) is -0.0650. The monoisotopic (exact) mass is 441 g/mol. The molecule has 6 heteroatoms. The molecular formula is C26H23N3O2S. The minimum Gasteiger partial charge on any atom is -0.337 e. The second-order valence-corrected chi connectivity index (χ2v) is 9.15. The Morgan fingerprint density at radius 2 is 1.72 bits per heavy atom. The Hall–Kier alpha value is -3.51. The fourth-order valence-corrected chi connectivity index (χ4v) is 5.26. The minimum atomic E-state index is -0.163. The van der Waals surface area contributed by atoms with Crippen molar-refractivity contribution in [1.29, 1.82) is 0 Å². The molecule has 1 aliphatic heterocycles. The first-order chi connectivity index (χ1) is 15.6. The van der Waals surface area contributed by atoms with Gasteiger partial charge < -0.3 is 4.90 Å². The first-order valence-corrected chi connectivity index (χ1v) is 11.5. The number of thiophene rings is 1. The van der Waals surface area contributed by atoms with Crippen molar-refractivity contribution in [2.45, 2.75) is 19.9 Å². The summed E-state index contributed by atoms with van der Waals surface area (Å²) in [5.41, 5.74) is 4.21. The highest BCUT2D eigenvalue weighted by molar-refractivity contribution is 7.19. The quantitative estimate of drug-likeness (QED) is 0.459. The van der Waals surface area contributed by atoms with Gasteiger partial charge in [-0.2, -0.15) is 0 Å². The first-order valence-electron chi connectivity index (χ1n) is 10.7. The van der Waals surface area contributed by atoms with Crippen LogP contribution < -0.4 is 5.56 Å². The highest BCUT2D eigenvalue weighted by Gasteiger charge is 2.21. The number of hydrogen-bond donors (Lipinski definition) is 0. The molecule has 0 fully saturated rings. The van der Waals surface area contributed by atoms with Crippen LogP contribution in [0.4, 0.5) is 0 Å². The fourth-order valence-electron chi connectivity index (χ4n) is 4.26. The van der Waals surface area contributed by atoms with E-state index in [1.807, 2.05) is 55.5 Å². The van der Waals surface area contributed by atoms with Crippen molar-refractivity contribution in [3.8, 4) is 11.1 Å². The number of fused-ring (bicyclic) bond motifs is 1. The molecule has 4 aromatic rings. The van der Waals surface area contributed by atoms with E-state index in [0.29, 0.717) is 23.3 Å². The third-order valence-electron chi connectivity index (χ3n) is 5.93. The Bertz CT molecular complexity index is 1370. The number of carbonyl (C=O) groups excluding carboxylic acids is 1. The van der Waals surface area contributed by atoms with Crippen LogP contribution >= 0.6 is 11.3 Å². The summed E-state index contributed by atoms with van der Waals surface area (Å²) >= 11 is 1.51. The van der Waals surface area contributed by atoms with Crippen molar-refractivity contribution in [3.63, 3.8) is 0 Å². The molecule has 0 N–H and O–H groups in total. The average Bonchev–Trinajstić information content (AvgIpc) is 3.18. The number of aromatic nitrogens is 2. The third-order valence-corrected chi connectivity index (χ3v) is 6.94. The molecule has 160 valence electrons. The van der Waals surface area contributed by atoms with Gasteiger partial charge in [0.25, 0.3) is 5.56 Å². The Morgan fingerprint density at radius 3 is 2.38 bits per heavy atom. The van der Waals surface area contributed by atoms with E-state index < -0.39 is 0 Å². The van der Waals surface area contributed by atoms with E-state index in [1.54, 1.807) is 4.90 Å². The molecule has 0 bridgehead atoms. The number of rotatable bonds is 4. The van der Waals surface area contributed by atoms with E-state index in [9.17, 15) is 9.59 Å². The van der Waals surface area contributed by atoms with Crippen LogP contribution in [-0.2, 0) is 11.3 Å². The highest BCUT2D eigenvalue weighted by atomic mass is 32.1. The third kappa shape index (κ3) is 3.78. The molecular weight excluding hydrogens is 418 g/mol. The molecule has 1 amide bonds. The second kappa shape index (κ2) is 8.55. The van der Waals surface area contributed by atoms with Crippen LogP contribution in [0.2, 0.25) is 0 Å². The molecule has 5 rings (SSSR count). The van der Waals surface area contributed by atoms with Gasteiger partial charge in [-0.15, -0.1) is 11.3 Å². The van der Waals surface area contributed by atoms with Crippen LogP contribution in [0.3, 0.4) is 0 Å². The molecule has 0 aliphatic carbocycles. The zero-order valence-corrected chi connectivity index (χ0v) is 18.6. The fraction of sp³-hybridized carbons (Fsp3) is 0.192. The molecule has 2 aromatic carbocycles. The summed E-state index contributed by atoms with van der Waals surface area (Å²) in [7, 11) is 0. The number of amides is 1. The largest absolute Gasteiger partial charge is 0.337 e. The molecule has 0 unspecified atom stereocenters. The van der Waals surface area contributed by atoms with E-state index in [0.717, 1.165) is 22.4 Å². The van der Waals surface area contributed by atoms with Crippen LogP contribution in [0.25, 0.3) is 26.9 Å². The second-order valence-electron chi connectivity index (χ2n) is 7.94. The van der Waals surface area contributed by atoms with Crippen molar-refractivity contribution in [2.75, 3.05) is 13.1 Å². The molecule has 3 heterocycles. The Labute approximate surface area is 190 Å². The van der Waals surface area contributed by atoms with Crippen molar-refractivity contribution >= 4 is 33.0 Å². The van der Waals surface area contributed by atoms with E-state index in [4.69, 9.17) is 0 Å². The molecule has 5 nitrogen and oxygen atoms in total. The van der Waals surface area contributed by atoms with Crippen molar-refractivity contribution in [2.24, 2.45) is 0 Å². The molecule has 0 saturated carbocycles. The van der Waals surface area contributed by atoms with Crippen molar-refractivity contribution < 1.29 is 4.79 Å². The lowest BCUT2D eigenvalue weighted by Crippen LogP contribution is -2.39. The van der Waals surface area contributed by atoms with Crippen molar-refractivity contribution in [3.05, 3.63) is 93.9 Å². The molecule has 0 atom stereocenters. The van der Waals surface area contributed by atoms with E-state index in [-0.39, 0.29) is 18.0 Å². The summed E-state index contributed by atoms with van der Waals surface area (Å²) in [6.07, 6.45) is 4.42. The van der Waals surface area contributed by atoms with Crippen LogP contribution in [0, 0.1) is 6.92 Å². The lowest BCUT2D eigenvalue weighted by Gasteiger charge is -2.27. The molecule has 2 aromatic heterocycles. The number of hydrogen-bond acceptors (Lipinski definition) is 4. The van der Waals surface area contributed by atoms with Gasteiger partial charge in [-0.05, 0) is 30.0 Å². The smallest absolute Gasteiger partial charge is 0.263 e. The lowest BCUT2D eigenvalue weighted by molar-refractivity contribution is -0.131. The zero-order chi connectivity index (χ0) is 22.1. The summed E-state index contributed by atoms with van der Waals surface area (Å²) in [5, 5.41) is 0.596. The predicted octanol–water partition coefficient (Wildman–Crippen LogP) is 4.75. The SMILES string of the molecule is Cc1sc2ncn(CC(=O)N3CC=C(c4ccccc4)CC3)c(=O)c2c1-c1ccccc1. The van der Waals surface area contributed by atoms with Gasteiger partial charge in [0.05, 0.1) is 11.7 Å². The summed E-state index contributed by atoms with van der Waals surface area (Å²) in [4.78, 5) is 34.4. The van der Waals surface area contributed by atoms with Gasteiger partial charge in [-0.3, -0.25) is 14.2 Å². The normalized spacial score (nSPS) is 13.9. The molecule has 1 aliphatic rings. The predicted molar refractivity (Wildman–Crippen MR) is 130 cm³/mol. The standard InChI is InChI=1S/C26H23N3O2S/c1-18-23(21-10-6-3-7-11-21)24-25(32-18)27-17-29(26(24)31)16-22(30)28-14-12-20(13-15-28)19-8-4-2-5-9-19/h2-12,17H,13-16H2,1H3. The van der Waals surface area contributed by atoms with Crippen molar-refractivity contribution in [1.82, 2.24) is 14.5 Å². The lowest BCUT2D eigenvalue weighted by atomic mass is 9.99. The van der Waals surface area contributed by atoms with Gasteiger partial charge in [-0.25, -0.2) is 4.98 Å². The van der Waals surface area contributed by atoms with Crippen LogP contribution in [0.15, 0.2) is 77.9 Å². The number of nitrogens with zero attached hydrogens (tertiary/aromatic N) is 3. The minimum absolute atomic E-state index is 0.000588. The van der Waals surface area contributed by atoms with Gasteiger partial charge in [0.1, 0.15) is 11.4 Å². The maximum Gasteiger partial charge on any atom is 0.263 e. The van der Waals surface area contributed by atoms with Crippen LogP contribution in [-0.4, -0.2) is 33.4 Å². The van der Waals surface area contributed by atoms with Gasteiger partial charge in [0.15, 0.2) is 0 Å². The molecule has 0 spiro atoms. The molecule has 0 radical (unpaired) electrons. The maximum absolute atomic E-state index is 13.3. The molecule has 0 saturated heterocycles. The van der Waals surface area contributed by atoms with E-state index >= 15 is 0 Å². The van der Waals surface area contributed by atoms with Gasteiger partial charge in [-0.1, -0.05) is 66.7 Å². The highest BCUT2D eigenvalue weighted by Crippen LogP contribution is 2.35. The topological polar surface area (TPSA) is 55.2 Å². The van der Waals surface area contributed by atoms with Gasteiger partial charge in [0.2, 0.25) is 5.91 Å². The van der Waals surface area contributed by atoms with Gasteiger partial charge in [0, 0.05) is 23.5 Å². The summed E-state index contributed by atoms with van der Waals surface area (Å²) in [6.45, 7) is 3.21. The van der Waals surface area contributed by atoms with E-state index in [2.05, 4.69) is 23.2 Å². The Kier molecular flexibility index (Phi) is 5.45.